The molecule has 0 atom stereocenters. The van der Waals surface area contributed by atoms with Crippen LogP contribution in [-0.4, -0.2) is 0 Å². The van der Waals surface area contributed by atoms with Gasteiger partial charge in [0.15, 0.2) is 0 Å². The van der Waals surface area contributed by atoms with E-state index in [1.807, 2.05) is 36.4 Å². The Morgan fingerprint density at radius 2 is 1.00 bits per heavy atom. The van der Waals surface area contributed by atoms with Gasteiger partial charge in [0.25, 0.3) is 0 Å². The van der Waals surface area contributed by atoms with Crippen LogP contribution in [0.2, 0.25) is 5.02 Å². The highest BCUT2D eigenvalue weighted by Crippen LogP contribution is 2.39. The van der Waals surface area contributed by atoms with Gasteiger partial charge in [0.05, 0.1) is 16.4 Å². The Morgan fingerprint density at radius 1 is 0.500 bits per heavy atom. The van der Waals surface area contributed by atoms with Gasteiger partial charge in [0, 0.05) is 11.1 Å². The molecule has 0 fully saturated rings. The van der Waals surface area contributed by atoms with E-state index in [-0.39, 0.29) is 0 Å². The predicted octanol–water partition coefficient (Wildman–Crippen LogP) is 7.42. The second-order valence-corrected chi connectivity index (χ2v) is 6.47. The van der Waals surface area contributed by atoms with Gasteiger partial charge >= 0.3 is 0 Å². The number of nitrogens with one attached hydrogen (secondary N) is 1. The van der Waals surface area contributed by atoms with Gasteiger partial charge in [0.1, 0.15) is 0 Å². The molecular weight excluding hydrogens is 338 g/mol. The number of benzene rings is 4. The lowest BCUT2D eigenvalue weighted by Crippen LogP contribution is -1.97. The minimum atomic E-state index is 0.703. The Balaban J connectivity index is 1.92. The van der Waals surface area contributed by atoms with Crippen molar-refractivity contribution >= 4 is 23.0 Å². The average Bonchev–Trinajstić information content (AvgIpc) is 2.71. The largest absolute Gasteiger partial charge is 0.353 e. The Kier molecular flexibility index (Phi) is 4.72. The molecule has 4 aromatic rings. The molecule has 0 radical (unpaired) electrons. The lowest BCUT2D eigenvalue weighted by molar-refractivity contribution is 1.52. The number of hydrogen-bond acceptors (Lipinski definition) is 1. The van der Waals surface area contributed by atoms with Crippen molar-refractivity contribution in [2.75, 3.05) is 5.32 Å². The number of anilines is 2. The summed E-state index contributed by atoms with van der Waals surface area (Å²) >= 11 is 6.41. The summed E-state index contributed by atoms with van der Waals surface area (Å²) in [5.74, 6) is 0. The Hall–Kier alpha value is -3.03. The van der Waals surface area contributed by atoms with Crippen LogP contribution in [0.1, 0.15) is 0 Å². The zero-order valence-electron chi connectivity index (χ0n) is 14.2. The van der Waals surface area contributed by atoms with Gasteiger partial charge in [-0.2, -0.15) is 0 Å². The summed E-state index contributed by atoms with van der Waals surface area (Å²) in [5.41, 5.74) is 6.58. The summed E-state index contributed by atoms with van der Waals surface area (Å²) in [5, 5.41) is 4.28. The summed E-state index contributed by atoms with van der Waals surface area (Å²) in [4.78, 5) is 0. The van der Waals surface area contributed by atoms with Gasteiger partial charge in [-0.05, 0) is 23.3 Å². The maximum Gasteiger partial charge on any atom is 0.0640 e. The molecule has 0 saturated heterocycles. The molecular formula is C24H18ClN. The first kappa shape index (κ1) is 16.4. The van der Waals surface area contributed by atoms with Crippen molar-refractivity contribution in [2.45, 2.75) is 0 Å². The average molecular weight is 356 g/mol. The van der Waals surface area contributed by atoms with Gasteiger partial charge in [0.2, 0.25) is 0 Å². The van der Waals surface area contributed by atoms with Crippen LogP contribution in [0.25, 0.3) is 22.3 Å². The lowest BCUT2D eigenvalue weighted by atomic mass is 9.95. The first-order valence-corrected chi connectivity index (χ1v) is 8.96. The normalized spacial score (nSPS) is 10.5. The molecule has 126 valence electrons. The molecule has 0 saturated carbocycles. The Labute approximate surface area is 158 Å². The Bertz CT molecular complexity index is 953. The summed E-state index contributed by atoms with van der Waals surface area (Å²) in [6, 6.07) is 35.0. The third-order valence-corrected chi connectivity index (χ3v) is 4.70. The highest BCUT2D eigenvalue weighted by Gasteiger charge is 2.13. The van der Waals surface area contributed by atoms with Crippen LogP contribution in [0.15, 0.2) is 103 Å². The molecule has 0 aromatic heterocycles. The van der Waals surface area contributed by atoms with Crippen LogP contribution < -0.4 is 5.32 Å². The van der Waals surface area contributed by atoms with Crippen LogP contribution in [0.3, 0.4) is 0 Å². The zero-order valence-corrected chi connectivity index (χ0v) is 14.9. The first-order chi connectivity index (χ1) is 12.8. The van der Waals surface area contributed by atoms with Crippen molar-refractivity contribution in [3.63, 3.8) is 0 Å². The van der Waals surface area contributed by atoms with Crippen molar-refractivity contribution in [3.05, 3.63) is 108 Å². The molecule has 1 nitrogen and oxygen atoms in total. The maximum atomic E-state index is 6.41. The molecule has 0 aliphatic heterocycles. The second-order valence-electron chi connectivity index (χ2n) is 6.07. The van der Waals surface area contributed by atoms with Crippen LogP contribution in [0, 0.1) is 0 Å². The molecule has 4 rings (SSSR count). The molecule has 26 heavy (non-hydrogen) atoms. The van der Waals surface area contributed by atoms with E-state index in [4.69, 9.17) is 11.6 Å². The van der Waals surface area contributed by atoms with Crippen molar-refractivity contribution in [1.29, 1.82) is 0 Å². The zero-order chi connectivity index (χ0) is 17.8. The topological polar surface area (TPSA) is 12.0 Å². The Morgan fingerprint density at radius 3 is 1.54 bits per heavy atom. The number of halogens is 1. The molecule has 0 aliphatic carbocycles. The van der Waals surface area contributed by atoms with E-state index in [1.165, 1.54) is 11.1 Å². The quantitative estimate of drug-likeness (QED) is 0.401. The number of para-hydroxylation sites is 2. The molecule has 0 amide bonds. The van der Waals surface area contributed by atoms with Gasteiger partial charge in [-0.3, -0.25) is 0 Å². The van der Waals surface area contributed by atoms with Crippen LogP contribution in [0.4, 0.5) is 11.4 Å². The fraction of sp³-hybridized carbons (Fsp3) is 0. The molecule has 0 unspecified atom stereocenters. The van der Waals surface area contributed by atoms with Crippen LogP contribution in [0.5, 0.6) is 0 Å². The van der Waals surface area contributed by atoms with Crippen molar-refractivity contribution in [2.24, 2.45) is 0 Å². The summed E-state index contributed by atoms with van der Waals surface area (Å²) in [7, 11) is 0. The molecule has 0 heterocycles. The van der Waals surface area contributed by atoms with Crippen LogP contribution >= 0.6 is 11.6 Å². The monoisotopic (exact) mass is 355 g/mol. The van der Waals surface area contributed by atoms with E-state index in [1.54, 1.807) is 0 Å². The molecule has 2 heteroatoms. The third-order valence-electron chi connectivity index (χ3n) is 4.37. The second kappa shape index (κ2) is 7.47. The van der Waals surface area contributed by atoms with Crippen molar-refractivity contribution in [3.8, 4) is 22.3 Å². The fourth-order valence-corrected chi connectivity index (χ4v) is 3.28. The number of hydrogen-bond donors (Lipinski definition) is 1. The van der Waals surface area contributed by atoms with Gasteiger partial charge < -0.3 is 5.32 Å². The molecule has 1 N–H and O–H groups in total. The highest BCUT2D eigenvalue weighted by molar-refractivity contribution is 6.33. The lowest BCUT2D eigenvalue weighted by Gasteiger charge is -2.18. The molecule has 0 aliphatic rings. The molecule has 0 spiro atoms. The standard InChI is InChI=1S/C24H18ClN/c25-22-16-7-8-17-23(22)26-24-20(18-10-3-1-4-11-18)14-9-15-21(24)19-12-5-2-6-13-19/h1-17,26H. The molecule has 0 bridgehead atoms. The SMILES string of the molecule is Clc1ccccc1Nc1c(-c2ccccc2)cccc1-c1ccccc1. The van der Waals surface area contributed by atoms with Crippen molar-refractivity contribution in [1.82, 2.24) is 0 Å². The smallest absolute Gasteiger partial charge is 0.0640 e. The van der Waals surface area contributed by atoms with E-state index in [9.17, 15) is 0 Å². The van der Waals surface area contributed by atoms with Crippen LogP contribution in [-0.2, 0) is 0 Å². The fourth-order valence-electron chi connectivity index (χ4n) is 3.10. The van der Waals surface area contributed by atoms with E-state index < -0.39 is 0 Å². The summed E-state index contributed by atoms with van der Waals surface area (Å²) < 4.78 is 0. The van der Waals surface area contributed by atoms with Crippen molar-refractivity contribution < 1.29 is 0 Å². The number of rotatable bonds is 4. The maximum absolute atomic E-state index is 6.41. The first-order valence-electron chi connectivity index (χ1n) is 8.58. The van der Waals surface area contributed by atoms with E-state index >= 15 is 0 Å². The van der Waals surface area contributed by atoms with Gasteiger partial charge in [-0.15, -0.1) is 0 Å². The van der Waals surface area contributed by atoms with Gasteiger partial charge in [-0.25, -0.2) is 0 Å². The van der Waals surface area contributed by atoms with Gasteiger partial charge in [-0.1, -0.05) is 103 Å². The predicted molar refractivity (Wildman–Crippen MR) is 112 cm³/mol. The summed E-state index contributed by atoms with van der Waals surface area (Å²) in [6.07, 6.45) is 0. The minimum absolute atomic E-state index is 0.703. The van der Waals surface area contributed by atoms with E-state index in [2.05, 4.69) is 72.0 Å². The molecule has 4 aromatic carbocycles. The van der Waals surface area contributed by atoms with E-state index in [0.29, 0.717) is 5.02 Å². The van der Waals surface area contributed by atoms with E-state index in [0.717, 1.165) is 22.5 Å². The summed E-state index contributed by atoms with van der Waals surface area (Å²) in [6.45, 7) is 0. The third kappa shape index (κ3) is 3.35. The minimum Gasteiger partial charge on any atom is -0.353 e. The highest BCUT2D eigenvalue weighted by atomic mass is 35.5.